The Hall–Kier alpha value is -3.70. The number of anilines is 1. The topological polar surface area (TPSA) is 115 Å². The number of nitrogens with zero attached hydrogens (tertiary/aromatic N) is 1. The molecule has 0 aliphatic heterocycles. The molecule has 0 heterocycles. The molecule has 0 atom stereocenters. The van der Waals surface area contributed by atoms with Gasteiger partial charge >= 0.3 is 0 Å². The van der Waals surface area contributed by atoms with Crippen LogP contribution in [0, 0.1) is 0 Å². The van der Waals surface area contributed by atoms with Crippen molar-refractivity contribution in [1.29, 1.82) is 0 Å². The minimum absolute atomic E-state index is 0.00306. The molecule has 0 bridgehead atoms. The quantitative estimate of drug-likeness (QED) is 0.0938. The van der Waals surface area contributed by atoms with Gasteiger partial charge in [-0.15, -0.1) is 0 Å². The van der Waals surface area contributed by atoms with E-state index in [-0.39, 0.29) is 31.2 Å². The van der Waals surface area contributed by atoms with Crippen molar-refractivity contribution < 1.29 is 38.7 Å². The molecule has 0 radical (unpaired) electrons. The van der Waals surface area contributed by atoms with Gasteiger partial charge in [0.25, 0.3) is 0 Å². The fourth-order valence-corrected chi connectivity index (χ4v) is 4.36. The lowest BCUT2D eigenvalue weighted by Gasteiger charge is -2.24. The summed E-state index contributed by atoms with van der Waals surface area (Å²) >= 11 is 0. The Morgan fingerprint density at radius 3 is 1.64 bits per heavy atom. The highest BCUT2D eigenvalue weighted by atomic mass is 16.6. The van der Waals surface area contributed by atoms with Crippen molar-refractivity contribution >= 4 is 22.8 Å². The van der Waals surface area contributed by atoms with E-state index in [4.69, 9.17) is 24.1 Å². The lowest BCUT2D eigenvalue weighted by molar-refractivity contribution is -0.00491. The van der Waals surface area contributed by atoms with E-state index in [9.17, 15) is 14.7 Å². The summed E-state index contributed by atoms with van der Waals surface area (Å²) in [5.74, 6) is -0.230. The second kappa shape index (κ2) is 21.1. The summed E-state index contributed by atoms with van der Waals surface area (Å²) in [5, 5.41) is 18.3. The highest BCUT2D eigenvalue weighted by molar-refractivity contribution is 6.11. The largest absolute Gasteiger partial charge is 0.395 e. The molecule has 0 saturated heterocycles. The summed E-state index contributed by atoms with van der Waals surface area (Å²) in [6.45, 7) is 4.43. The van der Waals surface area contributed by atoms with Crippen molar-refractivity contribution in [2.75, 3.05) is 84.1 Å². The zero-order valence-corrected chi connectivity index (χ0v) is 25.1. The van der Waals surface area contributed by atoms with Crippen LogP contribution >= 0.6 is 0 Å². The average molecular weight is 606 g/mol. The van der Waals surface area contributed by atoms with Crippen molar-refractivity contribution in [2.45, 2.75) is 6.42 Å². The summed E-state index contributed by atoms with van der Waals surface area (Å²) in [7, 11) is 0. The van der Waals surface area contributed by atoms with Crippen LogP contribution < -0.4 is 4.90 Å². The summed E-state index contributed by atoms with van der Waals surface area (Å²) < 4.78 is 21.7. The third-order valence-corrected chi connectivity index (χ3v) is 6.64. The molecule has 0 aliphatic carbocycles. The maximum Gasteiger partial charge on any atom is 0.186 e. The maximum absolute atomic E-state index is 13.1. The molecule has 0 aromatic heterocycles. The predicted octanol–water partition coefficient (Wildman–Crippen LogP) is 4.08. The standard InChI is InChI=1S/C35H43NO8/c37-17-15-36(16-19-41-21-23-43-25-26-44-24-22-42-20-18-38)33-13-11-29(12-14-33)32(27-34(39)30-7-3-1-4-8-30)28-35(40)31-9-5-2-6-10-31/h1-14,27,37-38H,15-26,28H2/b32-27+. The Morgan fingerprint density at radius 1 is 0.568 bits per heavy atom. The minimum Gasteiger partial charge on any atom is -0.395 e. The highest BCUT2D eigenvalue weighted by Gasteiger charge is 2.14. The van der Waals surface area contributed by atoms with Crippen molar-refractivity contribution in [1.82, 2.24) is 0 Å². The van der Waals surface area contributed by atoms with E-state index < -0.39 is 0 Å². The Labute approximate surface area is 259 Å². The van der Waals surface area contributed by atoms with E-state index in [0.29, 0.717) is 82.6 Å². The summed E-state index contributed by atoms with van der Waals surface area (Å²) in [4.78, 5) is 28.1. The number of carbonyl (C=O) groups excluding carboxylic acids is 2. The number of rotatable bonds is 23. The molecule has 3 aromatic rings. The van der Waals surface area contributed by atoms with Crippen LogP contribution in [0.15, 0.2) is 91.0 Å². The summed E-state index contributed by atoms with van der Waals surface area (Å²) in [6.07, 6.45) is 1.63. The number of Topliss-reactive ketones (excluding diaryl/α,β-unsaturated/α-hetero) is 1. The van der Waals surface area contributed by atoms with Gasteiger partial charge in [0.05, 0.1) is 66.1 Å². The number of ketones is 2. The van der Waals surface area contributed by atoms with Gasteiger partial charge in [-0.1, -0.05) is 72.8 Å². The number of aliphatic hydroxyl groups excluding tert-OH is 2. The zero-order chi connectivity index (χ0) is 31.2. The van der Waals surface area contributed by atoms with Gasteiger partial charge in [-0.25, -0.2) is 0 Å². The molecule has 236 valence electrons. The third-order valence-electron chi connectivity index (χ3n) is 6.64. The van der Waals surface area contributed by atoms with Gasteiger partial charge in [-0.05, 0) is 29.3 Å². The number of benzene rings is 3. The zero-order valence-electron chi connectivity index (χ0n) is 25.1. The lowest BCUT2D eigenvalue weighted by atomic mass is 9.95. The fraction of sp³-hybridized carbons (Fsp3) is 0.371. The Balaban J connectivity index is 1.54. The molecule has 0 unspecified atom stereocenters. The van der Waals surface area contributed by atoms with E-state index in [1.807, 2.05) is 65.6 Å². The van der Waals surface area contributed by atoms with Crippen LogP contribution in [0.2, 0.25) is 0 Å². The number of hydrogen-bond acceptors (Lipinski definition) is 9. The molecule has 3 rings (SSSR count). The van der Waals surface area contributed by atoms with Crippen molar-refractivity contribution in [2.24, 2.45) is 0 Å². The molecule has 9 nitrogen and oxygen atoms in total. The van der Waals surface area contributed by atoms with Crippen molar-refractivity contribution in [3.63, 3.8) is 0 Å². The Bertz CT molecular complexity index is 1250. The van der Waals surface area contributed by atoms with Crippen LogP contribution in [0.25, 0.3) is 5.57 Å². The van der Waals surface area contributed by atoms with E-state index in [2.05, 4.69) is 0 Å². The lowest BCUT2D eigenvalue weighted by Crippen LogP contribution is -2.30. The highest BCUT2D eigenvalue weighted by Crippen LogP contribution is 2.25. The Kier molecular flexibility index (Phi) is 16.7. The molecule has 0 aliphatic rings. The molecule has 0 amide bonds. The first-order valence-electron chi connectivity index (χ1n) is 14.9. The second-order valence-corrected chi connectivity index (χ2v) is 9.80. The molecular formula is C35H43NO8. The number of ether oxygens (including phenoxy) is 4. The first-order valence-corrected chi connectivity index (χ1v) is 14.9. The number of carbonyl (C=O) groups is 2. The molecule has 0 saturated carbocycles. The third kappa shape index (κ3) is 12.9. The van der Waals surface area contributed by atoms with Crippen LogP contribution in [0.5, 0.6) is 0 Å². The van der Waals surface area contributed by atoms with Crippen LogP contribution in [0.4, 0.5) is 5.69 Å². The van der Waals surface area contributed by atoms with Gasteiger partial charge in [-0.3, -0.25) is 9.59 Å². The smallest absolute Gasteiger partial charge is 0.186 e. The number of hydrogen-bond donors (Lipinski definition) is 2. The summed E-state index contributed by atoms with van der Waals surface area (Å²) in [5.41, 5.74) is 3.46. The van der Waals surface area contributed by atoms with Crippen molar-refractivity contribution in [3.8, 4) is 0 Å². The number of allylic oxidation sites excluding steroid dienone is 2. The minimum atomic E-state index is -0.162. The molecule has 9 heteroatoms. The SMILES string of the molecule is O=C(/C=C(\CC(=O)c1ccccc1)c1ccc(N(CCO)CCOCCOCCOCCOCCO)cc1)c1ccccc1. The Morgan fingerprint density at radius 2 is 1.09 bits per heavy atom. The maximum atomic E-state index is 13.1. The van der Waals surface area contributed by atoms with Crippen LogP contribution in [0.1, 0.15) is 32.7 Å². The van der Waals surface area contributed by atoms with Gasteiger partial charge in [-0.2, -0.15) is 0 Å². The molecule has 0 spiro atoms. The molecule has 0 fully saturated rings. The first kappa shape index (κ1) is 34.8. The second-order valence-electron chi connectivity index (χ2n) is 9.80. The van der Waals surface area contributed by atoms with Crippen molar-refractivity contribution in [3.05, 3.63) is 108 Å². The van der Waals surface area contributed by atoms with E-state index >= 15 is 0 Å². The van der Waals surface area contributed by atoms with Gasteiger partial charge in [0, 0.05) is 36.3 Å². The van der Waals surface area contributed by atoms with Gasteiger partial charge in [0.1, 0.15) is 0 Å². The first-order chi connectivity index (χ1) is 21.6. The summed E-state index contributed by atoms with van der Waals surface area (Å²) in [6, 6.07) is 25.7. The van der Waals surface area contributed by atoms with Crippen LogP contribution in [-0.4, -0.2) is 101 Å². The number of aliphatic hydroxyl groups is 2. The van der Waals surface area contributed by atoms with Gasteiger partial charge < -0.3 is 34.1 Å². The predicted molar refractivity (Wildman–Crippen MR) is 170 cm³/mol. The van der Waals surface area contributed by atoms with E-state index in [0.717, 1.165) is 11.3 Å². The molecular weight excluding hydrogens is 562 g/mol. The van der Waals surface area contributed by atoms with Crippen LogP contribution in [-0.2, 0) is 18.9 Å². The van der Waals surface area contributed by atoms with Gasteiger partial charge in [0.2, 0.25) is 0 Å². The molecule has 3 aromatic carbocycles. The van der Waals surface area contributed by atoms with Gasteiger partial charge in [0.15, 0.2) is 11.6 Å². The average Bonchev–Trinajstić information content (AvgIpc) is 3.07. The fourth-order valence-electron chi connectivity index (χ4n) is 4.36. The van der Waals surface area contributed by atoms with Crippen LogP contribution in [0.3, 0.4) is 0 Å². The molecule has 44 heavy (non-hydrogen) atoms. The molecule has 2 N–H and O–H groups in total. The van der Waals surface area contributed by atoms with E-state index in [1.165, 1.54) is 0 Å². The van der Waals surface area contributed by atoms with E-state index in [1.54, 1.807) is 30.3 Å². The normalized spacial score (nSPS) is 11.5. The monoisotopic (exact) mass is 605 g/mol.